The molecule has 0 fully saturated rings. The van der Waals surface area contributed by atoms with E-state index in [-0.39, 0.29) is 6.61 Å². The Labute approximate surface area is 108 Å². The van der Waals surface area contributed by atoms with E-state index < -0.39 is 0 Å². The van der Waals surface area contributed by atoms with Crippen LogP contribution in [0.25, 0.3) is 0 Å². The van der Waals surface area contributed by atoms with Gasteiger partial charge in [-0.2, -0.15) is 0 Å². The third-order valence-electron chi connectivity index (χ3n) is 3.53. The SMILES string of the molecule is OCc1nc2c(s1)CCCCCCCCCC2. The summed E-state index contributed by atoms with van der Waals surface area (Å²) < 4.78 is 0. The molecule has 0 bridgehead atoms. The summed E-state index contributed by atoms with van der Waals surface area (Å²) >= 11 is 1.72. The van der Waals surface area contributed by atoms with Gasteiger partial charge in [-0.1, -0.05) is 38.5 Å². The topological polar surface area (TPSA) is 33.1 Å². The molecule has 1 aromatic heterocycles. The lowest BCUT2D eigenvalue weighted by molar-refractivity contribution is 0.281. The van der Waals surface area contributed by atoms with Gasteiger partial charge in [0.2, 0.25) is 0 Å². The van der Waals surface area contributed by atoms with Crippen LogP contribution in [0.3, 0.4) is 0 Å². The second-order valence-electron chi connectivity index (χ2n) is 4.96. The van der Waals surface area contributed by atoms with Crippen LogP contribution in [-0.4, -0.2) is 10.1 Å². The first-order valence-electron chi connectivity index (χ1n) is 6.98. The largest absolute Gasteiger partial charge is 0.389 e. The third kappa shape index (κ3) is 4.07. The molecule has 1 heterocycles. The number of nitrogens with zero attached hydrogens (tertiary/aromatic N) is 1. The minimum Gasteiger partial charge on any atom is -0.389 e. The average molecular weight is 253 g/mol. The highest BCUT2D eigenvalue weighted by Gasteiger charge is 2.10. The molecule has 1 N–H and O–H groups in total. The van der Waals surface area contributed by atoms with Gasteiger partial charge in [0.05, 0.1) is 12.3 Å². The van der Waals surface area contributed by atoms with E-state index in [0.717, 1.165) is 11.4 Å². The van der Waals surface area contributed by atoms with Gasteiger partial charge in [-0.15, -0.1) is 11.3 Å². The Hall–Kier alpha value is -0.410. The Morgan fingerprint density at radius 1 is 0.882 bits per heavy atom. The lowest BCUT2D eigenvalue weighted by Gasteiger charge is -2.06. The highest BCUT2D eigenvalue weighted by Crippen LogP contribution is 2.24. The molecule has 0 spiro atoms. The van der Waals surface area contributed by atoms with Gasteiger partial charge in [0.25, 0.3) is 0 Å². The number of hydrogen-bond acceptors (Lipinski definition) is 3. The molecule has 1 aliphatic rings. The van der Waals surface area contributed by atoms with Crippen molar-refractivity contribution in [2.24, 2.45) is 0 Å². The van der Waals surface area contributed by atoms with E-state index in [1.807, 2.05) is 0 Å². The van der Waals surface area contributed by atoms with Crippen molar-refractivity contribution in [3.63, 3.8) is 0 Å². The zero-order valence-electron chi connectivity index (χ0n) is 10.6. The molecule has 17 heavy (non-hydrogen) atoms. The van der Waals surface area contributed by atoms with E-state index in [1.54, 1.807) is 11.3 Å². The van der Waals surface area contributed by atoms with Crippen molar-refractivity contribution >= 4 is 11.3 Å². The number of rotatable bonds is 1. The molecule has 0 atom stereocenters. The van der Waals surface area contributed by atoms with Crippen molar-refractivity contribution in [3.05, 3.63) is 15.6 Å². The average Bonchev–Trinajstić information content (AvgIpc) is 2.72. The Morgan fingerprint density at radius 3 is 2.12 bits per heavy atom. The predicted molar refractivity (Wildman–Crippen MR) is 72.4 cm³/mol. The number of aliphatic hydroxyl groups is 1. The highest BCUT2D eigenvalue weighted by molar-refractivity contribution is 7.11. The van der Waals surface area contributed by atoms with E-state index in [1.165, 1.54) is 68.4 Å². The monoisotopic (exact) mass is 253 g/mol. The van der Waals surface area contributed by atoms with Crippen molar-refractivity contribution in [1.82, 2.24) is 4.98 Å². The summed E-state index contributed by atoms with van der Waals surface area (Å²) in [5.41, 5.74) is 1.28. The molecule has 0 radical (unpaired) electrons. The van der Waals surface area contributed by atoms with Crippen LogP contribution in [0.15, 0.2) is 0 Å². The molecule has 1 aliphatic carbocycles. The number of fused-ring (bicyclic) bond motifs is 1. The van der Waals surface area contributed by atoms with Gasteiger partial charge < -0.3 is 5.11 Å². The maximum atomic E-state index is 9.18. The first-order valence-corrected chi connectivity index (χ1v) is 7.80. The van der Waals surface area contributed by atoms with Crippen LogP contribution in [0.1, 0.15) is 66.9 Å². The molecule has 0 saturated heterocycles. The smallest absolute Gasteiger partial charge is 0.119 e. The fourth-order valence-corrected chi connectivity index (χ4v) is 3.55. The molecule has 2 rings (SSSR count). The molecule has 1 aromatic rings. The van der Waals surface area contributed by atoms with Gasteiger partial charge in [0, 0.05) is 4.88 Å². The molecule has 2 nitrogen and oxygen atoms in total. The number of hydrogen-bond donors (Lipinski definition) is 1. The quantitative estimate of drug-likeness (QED) is 0.824. The van der Waals surface area contributed by atoms with Crippen molar-refractivity contribution in [1.29, 1.82) is 0 Å². The van der Waals surface area contributed by atoms with Crippen LogP contribution >= 0.6 is 11.3 Å². The second-order valence-corrected chi connectivity index (χ2v) is 6.13. The van der Waals surface area contributed by atoms with E-state index in [4.69, 9.17) is 0 Å². The highest BCUT2D eigenvalue weighted by atomic mass is 32.1. The summed E-state index contributed by atoms with van der Waals surface area (Å²) in [4.78, 5) is 6.01. The van der Waals surface area contributed by atoms with E-state index in [0.29, 0.717) is 0 Å². The summed E-state index contributed by atoms with van der Waals surface area (Å²) in [5, 5.41) is 10.1. The molecule has 3 heteroatoms. The number of aromatic nitrogens is 1. The van der Waals surface area contributed by atoms with Crippen molar-refractivity contribution in [2.75, 3.05) is 0 Å². The number of aryl methyl sites for hydroxylation is 2. The van der Waals surface area contributed by atoms with Crippen molar-refractivity contribution < 1.29 is 5.11 Å². The molecular formula is C14H23NOS. The van der Waals surface area contributed by atoms with E-state index >= 15 is 0 Å². The molecular weight excluding hydrogens is 230 g/mol. The molecule has 96 valence electrons. The Balaban J connectivity index is 2.01. The fraction of sp³-hybridized carbons (Fsp3) is 0.786. The second kappa shape index (κ2) is 7.12. The van der Waals surface area contributed by atoms with Gasteiger partial charge in [-0.25, -0.2) is 4.98 Å². The van der Waals surface area contributed by atoms with Gasteiger partial charge in [0.15, 0.2) is 0 Å². The Bertz CT molecular complexity index is 305. The molecule has 0 unspecified atom stereocenters. The lowest BCUT2D eigenvalue weighted by atomic mass is 10.0. The fourth-order valence-electron chi connectivity index (χ4n) is 2.53. The Kier molecular flexibility index (Phi) is 5.46. The number of aliphatic hydroxyl groups excluding tert-OH is 1. The number of thiazole rings is 1. The van der Waals surface area contributed by atoms with Gasteiger partial charge in [-0.3, -0.25) is 0 Å². The molecule has 0 saturated carbocycles. The predicted octanol–water partition coefficient (Wildman–Crippen LogP) is 3.85. The zero-order chi connectivity index (χ0) is 11.9. The summed E-state index contributed by atoms with van der Waals surface area (Å²) in [6, 6.07) is 0. The maximum absolute atomic E-state index is 9.18. The van der Waals surface area contributed by atoms with Crippen LogP contribution in [0.4, 0.5) is 0 Å². The van der Waals surface area contributed by atoms with Crippen LogP contribution in [0, 0.1) is 0 Å². The van der Waals surface area contributed by atoms with Crippen LogP contribution in [0.2, 0.25) is 0 Å². The summed E-state index contributed by atoms with van der Waals surface area (Å²) in [6.45, 7) is 0.109. The lowest BCUT2D eigenvalue weighted by Crippen LogP contribution is -1.95. The maximum Gasteiger partial charge on any atom is 0.119 e. The standard InChI is InChI=1S/C14H23NOS/c16-11-14-15-12-9-7-5-3-1-2-4-6-8-10-13(12)17-14/h16H,1-11H2. The minimum absolute atomic E-state index is 0.109. The normalized spacial score (nSPS) is 19.1. The summed E-state index contributed by atoms with van der Waals surface area (Å²) in [7, 11) is 0. The van der Waals surface area contributed by atoms with Crippen molar-refractivity contribution in [3.8, 4) is 0 Å². The molecule has 0 amide bonds. The van der Waals surface area contributed by atoms with Crippen LogP contribution in [-0.2, 0) is 19.4 Å². The zero-order valence-corrected chi connectivity index (χ0v) is 11.4. The molecule has 0 aromatic carbocycles. The Morgan fingerprint density at radius 2 is 1.47 bits per heavy atom. The minimum atomic E-state index is 0.109. The van der Waals surface area contributed by atoms with Gasteiger partial charge in [-0.05, 0) is 25.7 Å². The summed E-state index contributed by atoms with van der Waals surface area (Å²) in [6.07, 6.45) is 13.1. The first-order chi connectivity index (χ1) is 8.40. The van der Waals surface area contributed by atoms with E-state index in [9.17, 15) is 5.11 Å². The molecule has 0 aliphatic heterocycles. The van der Waals surface area contributed by atoms with Gasteiger partial charge in [0.1, 0.15) is 5.01 Å². The van der Waals surface area contributed by atoms with Crippen LogP contribution in [0.5, 0.6) is 0 Å². The first kappa shape index (κ1) is 13.0. The third-order valence-corrected chi connectivity index (χ3v) is 4.67. The van der Waals surface area contributed by atoms with Gasteiger partial charge >= 0.3 is 0 Å². The summed E-state index contributed by atoms with van der Waals surface area (Å²) in [5.74, 6) is 0. The van der Waals surface area contributed by atoms with E-state index in [2.05, 4.69) is 4.98 Å². The van der Waals surface area contributed by atoms with Crippen molar-refractivity contribution in [2.45, 2.75) is 70.8 Å². The van der Waals surface area contributed by atoms with Crippen LogP contribution < -0.4 is 0 Å².